The zero-order valence-electron chi connectivity index (χ0n) is 11.4. The predicted molar refractivity (Wildman–Crippen MR) is 79.3 cm³/mol. The summed E-state index contributed by atoms with van der Waals surface area (Å²) in [6.45, 7) is 3.45. The molecule has 0 spiro atoms. The quantitative estimate of drug-likeness (QED) is 0.743. The standard InChI is InChI=1S/C14H23ClN2S/c1-11(14-16-13(8-15)10-18-14)17(2)9-12-6-4-3-5-7-12/h10-12H,3-9H2,1-2H3. The van der Waals surface area contributed by atoms with E-state index in [-0.39, 0.29) is 0 Å². The van der Waals surface area contributed by atoms with Gasteiger partial charge >= 0.3 is 0 Å². The molecule has 1 heterocycles. The third-order valence-electron chi connectivity index (χ3n) is 4.00. The van der Waals surface area contributed by atoms with Gasteiger partial charge in [-0.25, -0.2) is 4.98 Å². The number of alkyl halides is 1. The van der Waals surface area contributed by atoms with Crippen LogP contribution in [0.3, 0.4) is 0 Å². The number of rotatable bonds is 5. The van der Waals surface area contributed by atoms with Crippen molar-refractivity contribution in [1.82, 2.24) is 9.88 Å². The van der Waals surface area contributed by atoms with Crippen LogP contribution in [0.4, 0.5) is 0 Å². The summed E-state index contributed by atoms with van der Waals surface area (Å²) in [5, 5.41) is 3.27. The molecule has 1 aromatic heterocycles. The van der Waals surface area contributed by atoms with Crippen molar-refractivity contribution in [2.45, 2.75) is 50.9 Å². The lowest BCUT2D eigenvalue weighted by molar-refractivity contribution is 0.192. The Bertz CT molecular complexity index is 360. The first-order valence-electron chi connectivity index (χ1n) is 6.91. The molecule has 0 N–H and O–H groups in total. The minimum atomic E-state index is 0.411. The molecule has 0 aromatic carbocycles. The molecule has 1 atom stereocenters. The third-order valence-corrected chi connectivity index (χ3v) is 5.33. The van der Waals surface area contributed by atoms with Crippen molar-refractivity contribution in [3.63, 3.8) is 0 Å². The van der Waals surface area contributed by atoms with Crippen molar-refractivity contribution in [1.29, 1.82) is 0 Å². The number of nitrogens with zero attached hydrogens (tertiary/aromatic N) is 2. The topological polar surface area (TPSA) is 16.1 Å². The first kappa shape index (κ1) is 14.3. The van der Waals surface area contributed by atoms with Gasteiger partial charge in [-0.05, 0) is 32.7 Å². The average Bonchev–Trinajstić information content (AvgIpc) is 2.87. The minimum Gasteiger partial charge on any atom is -0.297 e. The van der Waals surface area contributed by atoms with Crippen LogP contribution in [0.2, 0.25) is 0 Å². The summed E-state index contributed by atoms with van der Waals surface area (Å²) >= 11 is 7.55. The van der Waals surface area contributed by atoms with E-state index < -0.39 is 0 Å². The lowest BCUT2D eigenvalue weighted by Gasteiger charge is -2.30. The Hall–Kier alpha value is -0.120. The van der Waals surface area contributed by atoms with E-state index in [1.165, 1.54) is 43.7 Å². The molecular formula is C14H23ClN2S. The Labute approximate surface area is 119 Å². The maximum atomic E-state index is 5.81. The molecule has 102 valence electrons. The molecule has 0 aliphatic heterocycles. The van der Waals surface area contributed by atoms with Crippen LogP contribution >= 0.6 is 22.9 Å². The molecule has 0 radical (unpaired) electrons. The molecule has 1 unspecified atom stereocenters. The summed E-state index contributed by atoms with van der Waals surface area (Å²) in [5.41, 5.74) is 1.01. The molecule has 4 heteroatoms. The van der Waals surface area contributed by atoms with Crippen LogP contribution in [0.25, 0.3) is 0 Å². The fraction of sp³-hybridized carbons (Fsp3) is 0.786. The van der Waals surface area contributed by atoms with Gasteiger partial charge in [0.2, 0.25) is 0 Å². The van der Waals surface area contributed by atoms with Gasteiger partial charge < -0.3 is 0 Å². The van der Waals surface area contributed by atoms with Crippen LogP contribution in [-0.4, -0.2) is 23.5 Å². The number of halogens is 1. The van der Waals surface area contributed by atoms with Crippen molar-refractivity contribution < 1.29 is 0 Å². The van der Waals surface area contributed by atoms with Gasteiger partial charge in [-0.1, -0.05) is 19.3 Å². The van der Waals surface area contributed by atoms with Crippen LogP contribution in [-0.2, 0) is 5.88 Å². The highest BCUT2D eigenvalue weighted by Crippen LogP contribution is 2.28. The van der Waals surface area contributed by atoms with E-state index >= 15 is 0 Å². The Morgan fingerprint density at radius 2 is 2.17 bits per heavy atom. The SMILES string of the molecule is CC(c1nc(CCl)cs1)N(C)CC1CCCCC1. The average molecular weight is 287 g/mol. The van der Waals surface area contributed by atoms with E-state index in [0.717, 1.165) is 11.6 Å². The van der Waals surface area contributed by atoms with Crippen LogP contribution in [0, 0.1) is 5.92 Å². The Morgan fingerprint density at radius 3 is 2.78 bits per heavy atom. The second-order valence-corrected chi connectivity index (χ2v) is 6.59. The largest absolute Gasteiger partial charge is 0.297 e. The Morgan fingerprint density at radius 1 is 1.44 bits per heavy atom. The number of thiazole rings is 1. The predicted octanol–water partition coefficient (Wildman–Crippen LogP) is 4.46. The molecule has 1 saturated carbocycles. The van der Waals surface area contributed by atoms with Crippen molar-refractivity contribution in [3.05, 3.63) is 16.1 Å². The van der Waals surface area contributed by atoms with Crippen LogP contribution < -0.4 is 0 Å². The van der Waals surface area contributed by atoms with Crippen molar-refractivity contribution >= 4 is 22.9 Å². The number of hydrogen-bond acceptors (Lipinski definition) is 3. The van der Waals surface area contributed by atoms with Crippen molar-refractivity contribution in [2.75, 3.05) is 13.6 Å². The fourth-order valence-electron chi connectivity index (χ4n) is 2.70. The molecule has 1 aliphatic rings. The smallest absolute Gasteiger partial charge is 0.110 e. The molecule has 2 nitrogen and oxygen atoms in total. The van der Waals surface area contributed by atoms with E-state index in [2.05, 4.69) is 29.2 Å². The van der Waals surface area contributed by atoms with Crippen LogP contribution in [0.5, 0.6) is 0 Å². The van der Waals surface area contributed by atoms with Gasteiger partial charge in [-0.15, -0.1) is 22.9 Å². The fourth-order valence-corrected chi connectivity index (χ4v) is 3.87. The Kier molecular flexibility index (Phi) is 5.46. The first-order chi connectivity index (χ1) is 8.70. The second-order valence-electron chi connectivity index (χ2n) is 5.43. The molecule has 1 aliphatic carbocycles. The first-order valence-corrected chi connectivity index (χ1v) is 8.32. The van der Waals surface area contributed by atoms with E-state index in [0.29, 0.717) is 11.9 Å². The molecule has 0 bridgehead atoms. The summed E-state index contributed by atoms with van der Waals surface area (Å²) in [7, 11) is 2.22. The summed E-state index contributed by atoms with van der Waals surface area (Å²) < 4.78 is 0. The summed E-state index contributed by atoms with van der Waals surface area (Å²) in [6.07, 6.45) is 7.08. The summed E-state index contributed by atoms with van der Waals surface area (Å²) in [4.78, 5) is 7.04. The lowest BCUT2D eigenvalue weighted by Crippen LogP contribution is -2.29. The molecular weight excluding hydrogens is 264 g/mol. The van der Waals surface area contributed by atoms with E-state index in [4.69, 9.17) is 11.6 Å². The lowest BCUT2D eigenvalue weighted by atomic mass is 9.89. The monoisotopic (exact) mass is 286 g/mol. The highest BCUT2D eigenvalue weighted by Gasteiger charge is 2.20. The van der Waals surface area contributed by atoms with E-state index in [1.807, 2.05) is 0 Å². The van der Waals surface area contributed by atoms with E-state index in [9.17, 15) is 0 Å². The zero-order chi connectivity index (χ0) is 13.0. The number of hydrogen-bond donors (Lipinski definition) is 0. The molecule has 18 heavy (non-hydrogen) atoms. The molecule has 0 amide bonds. The maximum Gasteiger partial charge on any atom is 0.110 e. The molecule has 1 aromatic rings. The van der Waals surface area contributed by atoms with Crippen LogP contribution in [0.15, 0.2) is 5.38 Å². The molecule has 1 fully saturated rings. The maximum absolute atomic E-state index is 5.81. The van der Waals surface area contributed by atoms with Gasteiger partial charge in [0, 0.05) is 11.9 Å². The highest BCUT2D eigenvalue weighted by atomic mass is 35.5. The normalized spacial score (nSPS) is 19.3. The van der Waals surface area contributed by atoms with E-state index in [1.54, 1.807) is 11.3 Å². The molecule has 0 saturated heterocycles. The minimum absolute atomic E-state index is 0.411. The summed E-state index contributed by atoms with van der Waals surface area (Å²) in [6, 6.07) is 0.411. The van der Waals surface area contributed by atoms with Crippen molar-refractivity contribution in [3.8, 4) is 0 Å². The van der Waals surface area contributed by atoms with Gasteiger partial charge in [0.1, 0.15) is 5.01 Å². The van der Waals surface area contributed by atoms with Gasteiger partial charge in [0.15, 0.2) is 0 Å². The third kappa shape index (κ3) is 3.69. The van der Waals surface area contributed by atoms with Gasteiger partial charge in [-0.2, -0.15) is 0 Å². The number of aromatic nitrogens is 1. The highest BCUT2D eigenvalue weighted by molar-refractivity contribution is 7.09. The second kappa shape index (κ2) is 6.88. The van der Waals surface area contributed by atoms with Crippen LogP contribution in [0.1, 0.15) is 55.8 Å². The van der Waals surface area contributed by atoms with Gasteiger partial charge in [-0.3, -0.25) is 4.90 Å². The van der Waals surface area contributed by atoms with Gasteiger partial charge in [0.25, 0.3) is 0 Å². The Balaban J connectivity index is 1.88. The van der Waals surface area contributed by atoms with Crippen molar-refractivity contribution in [2.24, 2.45) is 5.92 Å². The molecule has 2 rings (SSSR count). The summed E-state index contributed by atoms with van der Waals surface area (Å²) in [5.74, 6) is 1.41. The zero-order valence-corrected chi connectivity index (χ0v) is 12.9. The van der Waals surface area contributed by atoms with Gasteiger partial charge in [0.05, 0.1) is 17.6 Å².